The van der Waals surface area contributed by atoms with Gasteiger partial charge in [0.2, 0.25) is 7.37 Å². The zero-order valence-electron chi connectivity index (χ0n) is 51.3. The fourth-order valence-electron chi connectivity index (χ4n) is 9.27. The van der Waals surface area contributed by atoms with E-state index in [4.69, 9.17) is 37.5 Å². The summed E-state index contributed by atoms with van der Waals surface area (Å²) >= 11 is 0. The van der Waals surface area contributed by atoms with Crippen molar-refractivity contribution < 1.29 is 75.4 Å². The zero-order chi connectivity index (χ0) is 64.9. The zero-order valence-corrected chi connectivity index (χ0v) is 53.1. The second kappa shape index (κ2) is 42.9. The highest BCUT2D eigenvalue weighted by atomic mass is 31.2. The summed E-state index contributed by atoms with van der Waals surface area (Å²) in [6.07, 6.45) is -0.929. The molecule has 4 atom stereocenters. The Kier molecular flexibility index (Phi) is 34.5. The van der Waals surface area contributed by atoms with Crippen molar-refractivity contribution in [2.24, 2.45) is 17.8 Å². The number of rotatable bonds is 36. The second-order valence-corrected chi connectivity index (χ2v) is 25.5. The van der Waals surface area contributed by atoms with Crippen molar-refractivity contribution >= 4 is 51.2 Å². The van der Waals surface area contributed by atoms with Gasteiger partial charge in [-0.25, -0.2) is 0 Å². The van der Waals surface area contributed by atoms with E-state index in [1.165, 1.54) is 0 Å². The molecule has 0 aliphatic carbocycles. The number of hydrogen-bond acceptors (Lipinski definition) is 16. The van der Waals surface area contributed by atoms with Crippen molar-refractivity contribution in [3.05, 3.63) is 287 Å². The number of benzene rings is 8. The molecule has 0 amide bonds. The summed E-state index contributed by atoms with van der Waals surface area (Å²) in [4.78, 5) is 78.6. The Morgan fingerprint density at radius 2 is 0.532 bits per heavy atom. The second-order valence-electron chi connectivity index (χ2n) is 21.6. The summed E-state index contributed by atoms with van der Waals surface area (Å²) in [5.74, 6) is -6.23. The number of carbonyl (C=O) groups excluding carboxylic acids is 6. The van der Waals surface area contributed by atoms with Crippen molar-refractivity contribution in [2.45, 2.75) is 106 Å². The molecule has 0 N–H and O–H groups in total. The predicted octanol–water partition coefficient (Wildman–Crippen LogP) is 16.3. The minimum atomic E-state index is -3.95. The van der Waals surface area contributed by atoms with Gasteiger partial charge in [0.1, 0.15) is 52.2 Å². The minimum absolute atomic E-state index is 0. The van der Waals surface area contributed by atoms with Crippen molar-refractivity contribution in [1.82, 2.24) is 0 Å². The molecule has 494 valence electrons. The lowest BCUT2D eigenvalue weighted by atomic mass is 10.1. The Labute approximate surface area is 553 Å². The van der Waals surface area contributed by atoms with Crippen LogP contribution in [-0.4, -0.2) is 54.3 Å². The van der Waals surface area contributed by atoms with E-state index >= 15 is 4.57 Å². The van der Waals surface area contributed by atoms with Crippen LogP contribution in [-0.2, 0) is 128 Å². The van der Waals surface area contributed by atoms with Gasteiger partial charge in [-0.1, -0.05) is 258 Å². The van der Waals surface area contributed by atoms with Crippen molar-refractivity contribution in [3.8, 4) is 0 Å². The average Bonchev–Trinajstić information content (AvgIpc) is 1.16. The molecule has 0 bridgehead atoms. The number of hydrogen-bond donors (Lipinski definition) is 0. The smallest absolute Gasteiger partial charge is 0.461 e. The first-order chi connectivity index (χ1) is 44.8. The fraction of sp³-hybridized carbons (Fsp3) is 0.289. The van der Waals surface area contributed by atoms with Gasteiger partial charge >= 0.3 is 43.8 Å². The van der Waals surface area contributed by atoms with Gasteiger partial charge in [0.25, 0.3) is 0 Å². The molecular weight excluding hydrogens is 1230 g/mol. The maximum atomic E-state index is 15.2. The van der Waals surface area contributed by atoms with E-state index in [0.717, 1.165) is 44.5 Å². The van der Waals surface area contributed by atoms with Crippen LogP contribution in [0, 0.1) is 17.8 Å². The quantitative estimate of drug-likeness (QED) is 0.0203. The summed E-state index contributed by atoms with van der Waals surface area (Å²) < 4.78 is 72.6. The van der Waals surface area contributed by atoms with Crippen LogP contribution < -0.4 is 0 Å². The Morgan fingerprint density at radius 1 is 0.309 bits per heavy atom. The lowest BCUT2D eigenvalue weighted by Gasteiger charge is -2.26. The summed E-state index contributed by atoms with van der Waals surface area (Å²) in [6, 6.07) is 73.8. The highest BCUT2D eigenvalue weighted by molar-refractivity contribution is 7.59. The van der Waals surface area contributed by atoms with E-state index in [9.17, 15) is 33.3 Å². The fourth-order valence-corrected chi connectivity index (χ4v) is 13.1. The molecule has 0 saturated heterocycles. The Balaban J connectivity index is 0.000000379. The topological polar surface area (TPSA) is 210 Å². The summed E-state index contributed by atoms with van der Waals surface area (Å²) in [7, 11) is -6.07. The lowest BCUT2D eigenvalue weighted by Crippen LogP contribution is -2.28. The molecule has 8 aromatic carbocycles. The lowest BCUT2D eigenvalue weighted by molar-refractivity contribution is -0.152. The van der Waals surface area contributed by atoms with Gasteiger partial charge in [-0.2, -0.15) is 0 Å². The van der Waals surface area contributed by atoms with Gasteiger partial charge in [0, 0.05) is 31.6 Å². The Bertz CT molecular complexity index is 3410. The third-order valence-electron chi connectivity index (χ3n) is 14.4. The largest absolute Gasteiger partial charge is 0.509 e. The van der Waals surface area contributed by atoms with Gasteiger partial charge in [0.05, 0.1) is 18.4 Å². The molecule has 0 heterocycles. The van der Waals surface area contributed by atoms with Crippen LogP contribution in [0.3, 0.4) is 0 Å². The Morgan fingerprint density at radius 3 is 0.809 bits per heavy atom. The van der Waals surface area contributed by atoms with Gasteiger partial charge in [0.15, 0.2) is 6.16 Å². The standard InChI is InChI=1S/C47H49O10P.C27H28O6P.2CH4/c48-44(53-30-37-16-6-1-7-17-37)28-26-42(46(50)55-32-39-20-10-3-11-21-39)35-58(52,57-34-41-24-14-5-15-25-41)36-43(47(51)56-33-40-22-12-4-13-23-40)27-29-45(49)54-31-38-18-8-2-9-19-38;28-26(31-18-22-10-4-1-5-11-22)17-16-25(27(29)32-19-23-12-6-2-7-13-23)21-34(30)33-20-24-14-8-3-9-15-24;;/h1-25,42-43H,26-36H2;1-15,25H,16-21H2;2*1H4/q;+1;;. The first-order valence-electron chi connectivity index (χ1n) is 30.4. The molecule has 0 fully saturated rings. The molecule has 18 heteroatoms. The monoisotopic (exact) mass is 1320 g/mol. The van der Waals surface area contributed by atoms with Crippen LogP contribution in [0.2, 0.25) is 0 Å². The summed E-state index contributed by atoms with van der Waals surface area (Å²) in [5.41, 5.74) is 6.46. The van der Waals surface area contributed by atoms with Crippen molar-refractivity contribution in [2.75, 3.05) is 18.5 Å². The first-order valence-corrected chi connectivity index (χ1v) is 33.8. The SMILES string of the molecule is C.C.O=C(CCC(CP(=O)(CC(CCC(=O)OCc1ccccc1)C(=O)OCc1ccccc1)OCc1ccccc1)C(=O)OCc1ccccc1)OCc1ccccc1.O=C(CCC(C[P+](=O)OCc1ccccc1)C(=O)OCc1ccccc1)OCc1ccccc1. The normalized spacial score (nSPS) is 12.3. The van der Waals surface area contributed by atoms with Gasteiger partial charge in [-0.3, -0.25) is 33.3 Å². The third kappa shape index (κ3) is 29.6. The van der Waals surface area contributed by atoms with Crippen LogP contribution in [0.4, 0.5) is 0 Å². The first kappa shape index (κ1) is 75.5. The molecule has 0 saturated carbocycles. The van der Waals surface area contributed by atoms with Crippen LogP contribution >= 0.6 is 15.4 Å². The van der Waals surface area contributed by atoms with Crippen molar-refractivity contribution in [1.29, 1.82) is 0 Å². The molecule has 0 aliphatic heterocycles. The van der Waals surface area contributed by atoms with E-state index in [1.54, 1.807) is 0 Å². The van der Waals surface area contributed by atoms with Crippen LogP contribution in [0.5, 0.6) is 0 Å². The van der Waals surface area contributed by atoms with E-state index in [2.05, 4.69) is 0 Å². The number of esters is 6. The number of carbonyl (C=O) groups is 6. The van der Waals surface area contributed by atoms with Crippen molar-refractivity contribution in [3.63, 3.8) is 0 Å². The molecule has 94 heavy (non-hydrogen) atoms. The van der Waals surface area contributed by atoms with Crippen LogP contribution in [0.25, 0.3) is 0 Å². The van der Waals surface area contributed by atoms with E-state index in [1.807, 2.05) is 243 Å². The molecule has 0 spiro atoms. The van der Waals surface area contributed by atoms with Crippen LogP contribution in [0.15, 0.2) is 243 Å². The summed E-state index contributed by atoms with van der Waals surface area (Å²) in [6.45, 7) is 0.416. The maximum Gasteiger partial charge on any atom is 0.509 e. The van der Waals surface area contributed by atoms with Crippen LogP contribution in [0.1, 0.15) is 97.9 Å². The minimum Gasteiger partial charge on any atom is -0.461 e. The molecule has 0 radical (unpaired) electrons. The highest BCUT2D eigenvalue weighted by Crippen LogP contribution is 2.52. The maximum absolute atomic E-state index is 15.2. The average molecular weight is 1320 g/mol. The Hall–Kier alpha value is -9.17. The summed E-state index contributed by atoms with van der Waals surface area (Å²) in [5, 5.41) is 0. The molecule has 0 aliphatic rings. The molecule has 0 aromatic heterocycles. The third-order valence-corrected chi connectivity index (χ3v) is 18.1. The molecular formula is C76H85O16P2+. The van der Waals surface area contributed by atoms with Gasteiger partial charge < -0.3 is 32.9 Å². The van der Waals surface area contributed by atoms with E-state index in [-0.39, 0.29) is 125 Å². The van der Waals surface area contributed by atoms with E-state index in [0.29, 0.717) is 0 Å². The van der Waals surface area contributed by atoms with E-state index < -0.39 is 69.0 Å². The molecule has 8 rings (SSSR count). The van der Waals surface area contributed by atoms with Gasteiger partial charge in [-0.15, -0.1) is 4.52 Å². The molecule has 4 unspecified atom stereocenters. The highest BCUT2D eigenvalue weighted by Gasteiger charge is 2.39. The number of ether oxygens (including phenoxy) is 6. The van der Waals surface area contributed by atoms with Gasteiger partial charge in [-0.05, 0) is 68.3 Å². The molecule has 16 nitrogen and oxygen atoms in total. The predicted molar refractivity (Wildman–Crippen MR) is 361 cm³/mol. The molecule has 8 aromatic rings.